The summed E-state index contributed by atoms with van der Waals surface area (Å²) < 4.78 is 10.8. The minimum atomic E-state index is -0.759. The third kappa shape index (κ3) is 4.28. The van der Waals surface area contributed by atoms with E-state index in [2.05, 4.69) is 29.2 Å². The average molecular weight is 488 g/mol. The monoisotopic (exact) mass is 487 g/mol. The second-order valence-corrected chi connectivity index (χ2v) is 9.63. The van der Waals surface area contributed by atoms with Crippen molar-refractivity contribution in [2.24, 2.45) is 0 Å². The maximum atomic E-state index is 13.8. The molecule has 0 N–H and O–H groups in total. The van der Waals surface area contributed by atoms with Gasteiger partial charge in [0.05, 0.1) is 20.8 Å². The van der Waals surface area contributed by atoms with Gasteiger partial charge >= 0.3 is 6.03 Å². The highest BCUT2D eigenvalue weighted by Gasteiger charge is 2.57. The zero-order valence-electron chi connectivity index (χ0n) is 21.2. The number of rotatable bonds is 7. The Morgan fingerprint density at radius 2 is 1.47 bits per heavy atom. The molecule has 7 nitrogen and oxygen atoms in total. The number of ether oxygens (including phenoxy) is 2. The van der Waals surface area contributed by atoms with Gasteiger partial charge in [-0.15, -0.1) is 0 Å². The van der Waals surface area contributed by atoms with Gasteiger partial charge in [-0.3, -0.25) is 14.6 Å². The van der Waals surface area contributed by atoms with Gasteiger partial charge in [0.2, 0.25) is 0 Å². The number of carbonyl (C=O) groups is 2. The second kappa shape index (κ2) is 9.82. The molecule has 0 saturated carbocycles. The van der Waals surface area contributed by atoms with E-state index in [-0.39, 0.29) is 11.9 Å². The highest BCUT2D eigenvalue weighted by atomic mass is 16.5. The van der Waals surface area contributed by atoms with E-state index in [4.69, 9.17) is 9.47 Å². The van der Waals surface area contributed by atoms with Gasteiger partial charge in [0.15, 0.2) is 0 Å². The molecule has 0 atom stereocenters. The van der Waals surface area contributed by atoms with Crippen molar-refractivity contribution in [1.82, 2.24) is 14.7 Å². The standard InChI is InChI=1S/C29H33N3O4/c1-4-32-28(34)31(20-21-9-10-23-7-5-6-8-24(23)15-21)27(33)29(32)11-13-30(14-12-29)19-22-16-25(35-2)18-26(17-22)36-3/h5-10,15-18H,4,11-14,19-20H2,1-3H3. The van der Waals surface area contributed by atoms with Crippen molar-refractivity contribution < 1.29 is 19.1 Å². The van der Waals surface area contributed by atoms with Gasteiger partial charge < -0.3 is 14.4 Å². The predicted octanol–water partition coefficient (Wildman–Crippen LogP) is 4.68. The summed E-state index contributed by atoms with van der Waals surface area (Å²) in [4.78, 5) is 32.7. The van der Waals surface area contributed by atoms with Crippen LogP contribution in [0.2, 0.25) is 0 Å². The summed E-state index contributed by atoms with van der Waals surface area (Å²) in [5.41, 5.74) is 1.31. The molecule has 2 heterocycles. The molecule has 7 heteroatoms. The Morgan fingerprint density at radius 3 is 2.11 bits per heavy atom. The van der Waals surface area contributed by atoms with Crippen LogP contribution in [0.1, 0.15) is 30.9 Å². The number of likely N-dealkylation sites (tertiary alicyclic amines) is 1. The Labute approximate surface area is 212 Å². The van der Waals surface area contributed by atoms with E-state index in [0.717, 1.165) is 53.0 Å². The van der Waals surface area contributed by atoms with Crippen molar-refractivity contribution in [2.75, 3.05) is 33.9 Å². The van der Waals surface area contributed by atoms with Gasteiger partial charge in [0.1, 0.15) is 17.0 Å². The summed E-state index contributed by atoms with van der Waals surface area (Å²) in [5.74, 6) is 1.46. The van der Waals surface area contributed by atoms with E-state index < -0.39 is 5.54 Å². The topological polar surface area (TPSA) is 62.3 Å². The van der Waals surface area contributed by atoms with E-state index in [0.29, 0.717) is 25.9 Å². The minimum absolute atomic E-state index is 0.0646. The van der Waals surface area contributed by atoms with Crippen LogP contribution in [0.5, 0.6) is 11.5 Å². The van der Waals surface area contributed by atoms with Gasteiger partial charge in [0, 0.05) is 32.2 Å². The zero-order chi connectivity index (χ0) is 25.3. The lowest BCUT2D eigenvalue weighted by atomic mass is 9.85. The fourth-order valence-electron chi connectivity index (χ4n) is 5.66. The molecule has 36 heavy (non-hydrogen) atoms. The predicted molar refractivity (Wildman–Crippen MR) is 139 cm³/mol. The van der Waals surface area contributed by atoms with Crippen LogP contribution in [-0.2, 0) is 17.9 Å². The normalized spacial score (nSPS) is 17.9. The van der Waals surface area contributed by atoms with Gasteiger partial charge in [-0.25, -0.2) is 4.79 Å². The highest BCUT2D eigenvalue weighted by molar-refractivity contribution is 6.07. The number of hydrogen-bond acceptors (Lipinski definition) is 5. The Morgan fingerprint density at radius 1 is 0.806 bits per heavy atom. The fraction of sp³-hybridized carbons (Fsp3) is 0.379. The number of amides is 3. The molecule has 2 fully saturated rings. The largest absolute Gasteiger partial charge is 0.497 e. The van der Waals surface area contributed by atoms with E-state index in [1.807, 2.05) is 43.3 Å². The van der Waals surface area contributed by atoms with Gasteiger partial charge in [-0.2, -0.15) is 0 Å². The SMILES string of the molecule is CCN1C(=O)N(Cc2ccc3ccccc3c2)C(=O)C12CCN(Cc1cc(OC)cc(OC)c1)CC2. The molecule has 3 aromatic carbocycles. The molecule has 0 radical (unpaired) electrons. The minimum Gasteiger partial charge on any atom is -0.497 e. The zero-order valence-corrected chi connectivity index (χ0v) is 21.2. The van der Waals surface area contributed by atoms with Crippen molar-refractivity contribution in [1.29, 1.82) is 0 Å². The van der Waals surface area contributed by atoms with Crippen LogP contribution in [0, 0.1) is 0 Å². The summed E-state index contributed by atoms with van der Waals surface area (Å²) in [6.07, 6.45) is 1.25. The van der Waals surface area contributed by atoms with E-state index >= 15 is 0 Å². The van der Waals surface area contributed by atoms with Crippen molar-refractivity contribution in [3.8, 4) is 11.5 Å². The highest BCUT2D eigenvalue weighted by Crippen LogP contribution is 2.38. The Kier molecular flexibility index (Phi) is 6.58. The van der Waals surface area contributed by atoms with Crippen molar-refractivity contribution >= 4 is 22.7 Å². The molecule has 3 amide bonds. The first-order valence-electron chi connectivity index (χ1n) is 12.5. The first-order valence-corrected chi connectivity index (χ1v) is 12.5. The molecular formula is C29H33N3O4. The number of benzene rings is 3. The van der Waals surface area contributed by atoms with Crippen molar-refractivity contribution in [3.63, 3.8) is 0 Å². The number of piperidine rings is 1. The van der Waals surface area contributed by atoms with Crippen LogP contribution in [0.25, 0.3) is 10.8 Å². The molecule has 0 aromatic heterocycles. The van der Waals surface area contributed by atoms with Crippen LogP contribution >= 0.6 is 0 Å². The number of nitrogens with zero attached hydrogens (tertiary/aromatic N) is 3. The molecule has 0 bridgehead atoms. The molecule has 2 saturated heterocycles. The average Bonchev–Trinajstić information content (AvgIpc) is 3.10. The summed E-state index contributed by atoms with van der Waals surface area (Å²) in [5, 5.41) is 2.26. The first kappa shape index (κ1) is 24.1. The van der Waals surface area contributed by atoms with Crippen LogP contribution in [0.3, 0.4) is 0 Å². The summed E-state index contributed by atoms with van der Waals surface area (Å²) in [7, 11) is 3.30. The lowest BCUT2D eigenvalue weighted by molar-refractivity contribution is -0.136. The smallest absolute Gasteiger partial charge is 0.327 e. The number of likely N-dealkylation sites (N-methyl/N-ethyl adjacent to an activating group) is 1. The molecule has 0 unspecified atom stereocenters. The Bertz CT molecular complexity index is 1260. The maximum Gasteiger partial charge on any atom is 0.327 e. The number of methoxy groups -OCH3 is 2. The quantitative estimate of drug-likeness (QED) is 0.453. The molecule has 5 rings (SSSR count). The first-order chi connectivity index (χ1) is 17.5. The Hall–Kier alpha value is -3.58. The van der Waals surface area contributed by atoms with Gasteiger partial charge in [0.25, 0.3) is 5.91 Å². The van der Waals surface area contributed by atoms with Gasteiger partial charge in [-0.05, 0) is 59.9 Å². The molecule has 0 aliphatic carbocycles. The number of hydrogen-bond donors (Lipinski definition) is 0. The van der Waals surface area contributed by atoms with Crippen LogP contribution in [0.4, 0.5) is 4.79 Å². The number of fused-ring (bicyclic) bond motifs is 1. The van der Waals surface area contributed by atoms with Crippen molar-refractivity contribution in [3.05, 3.63) is 71.8 Å². The van der Waals surface area contributed by atoms with Crippen molar-refractivity contribution in [2.45, 2.75) is 38.4 Å². The third-order valence-electron chi connectivity index (χ3n) is 7.59. The van der Waals surface area contributed by atoms with E-state index in [1.165, 1.54) is 4.90 Å². The molecule has 2 aliphatic rings. The summed E-state index contributed by atoms with van der Waals surface area (Å²) >= 11 is 0. The van der Waals surface area contributed by atoms with E-state index in [1.54, 1.807) is 19.1 Å². The number of imide groups is 1. The Balaban J connectivity index is 1.31. The molecule has 2 aliphatic heterocycles. The summed E-state index contributed by atoms with van der Waals surface area (Å²) in [6.45, 7) is 4.98. The number of carbonyl (C=O) groups excluding carboxylic acids is 2. The lowest BCUT2D eigenvalue weighted by Crippen LogP contribution is -2.56. The second-order valence-electron chi connectivity index (χ2n) is 9.63. The fourth-order valence-corrected chi connectivity index (χ4v) is 5.66. The van der Waals surface area contributed by atoms with Crippen LogP contribution < -0.4 is 9.47 Å². The maximum absolute atomic E-state index is 13.8. The molecular weight excluding hydrogens is 454 g/mol. The lowest BCUT2D eigenvalue weighted by Gasteiger charge is -2.42. The molecule has 1 spiro atoms. The summed E-state index contributed by atoms with van der Waals surface area (Å²) in [6, 6.07) is 20.0. The molecule has 188 valence electrons. The number of urea groups is 1. The third-order valence-corrected chi connectivity index (χ3v) is 7.59. The molecule has 3 aromatic rings. The van der Waals surface area contributed by atoms with Crippen LogP contribution in [-0.4, -0.2) is 66.0 Å². The van der Waals surface area contributed by atoms with E-state index in [9.17, 15) is 9.59 Å². The van der Waals surface area contributed by atoms with Gasteiger partial charge in [-0.1, -0.05) is 36.4 Å². The van der Waals surface area contributed by atoms with Crippen LogP contribution in [0.15, 0.2) is 60.7 Å².